The van der Waals surface area contributed by atoms with E-state index in [1.54, 1.807) is 24.3 Å². The predicted molar refractivity (Wildman–Crippen MR) is 116 cm³/mol. The number of carbonyl (C=O) groups excluding carboxylic acids is 2. The number of sulfonamides is 1. The predicted octanol–water partition coefficient (Wildman–Crippen LogP) is 3.07. The number of anilines is 1. The van der Waals surface area contributed by atoms with Gasteiger partial charge in [-0.1, -0.05) is 23.7 Å². The van der Waals surface area contributed by atoms with Gasteiger partial charge in [0.25, 0.3) is 5.91 Å². The maximum Gasteiger partial charge on any atom is 0.325 e. The molecule has 3 rings (SSSR count). The molecule has 0 radical (unpaired) electrons. The van der Waals surface area contributed by atoms with Crippen LogP contribution in [0.4, 0.5) is 5.69 Å². The first-order valence-corrected chi connectivity index (χ1v) is 11.5. The van der Waals surface area contributed by atoms with E-state index in [1.807, 2.05) is 0 Å². The summed E-state index contributed by atoms with van der Waals surface area (Å²) in [5.41, 5.74) is 0.436. The number of carbonyl (C=O) groups is 2. The number of halogens is 1. The highest BCUT2D eigenvalue weighted by Crippen LogP contribution is 2.28. The van der Waals surface area contributed by atoms with Crippen molar-refractivity contribution in [2.45, 2.75) is 36.8 Å². The highest BCUT2D eigenvalue weighted by molar-refractivity contribution is 7.89. The van der Waals surface area contributed by atoms with Crippen LogP contribution in [0.5, 0.6) is 5.75 Å². The Labute approximate surface area is 186 Å². The molecular weight excluding hydrogens is 444 g/mol. The van der Waals surface area contributed by atoms with E-state index in [0.29, 0.717) is 29.3 Å². The number of esters is 1. The van der Waals surface area contributed by atoms with E-state index in [9.17, 15) is 18.0 Å². The molecule has 0 aliphatic carbocycles. The Hall–Kier alpha value is -2.62. The Balaban J connectivity index is 1.68. The summed E-state index contributed by atoms with van der Waals surface area (Å²) in [7, 11) is -2.43. The van der Waals surface area contributed by atoms with E-state index >= 15 is 0 Å². The van der Waals surface area contributed by atoms with Gasteiger partial charge in [0.1, 0.15) is 11.8 Å². The second kappa shape index (κ2) is 9.67. The average Bonchev–Trinajstić information content (AvgIpc) is 3.25. The number of ether oxygens (including phenoxy) is 2. The molecule has 1 amide bonds. The van der Waals surface area contributed by atoms with Gasteiger partial charge in [-0.05, 0) is 56.2 Å². The minimum atomic E-state index is -3.91. The lowest BCUT2D eigenvalue weighted by molar-refractivity contribution is -0.156. The zero-order chi connectivity index (χ0) is 22.6. The molecule has 2 aromatic rings. The minimum absolute atomic E-state index is 0.0403. The second-order valence-corrected chi connectivity index (χ2v) is 9.32. The first-order chi connectivity index (χ1) is 14.7. The van der Waals surface area contributed by atoms with Crippen molar-refractivity contribution in [1.29, 1.82) is 0 Å². The van der Waals surface area contributed by atoms with Gasteiger partial charge >= 0.3 is 5.97 Å². The first kappa shape index (κ1) is 23.1. The van der Waals surface area contributed by atoms with Crippen molar-refractivity contribution >= 4 is 39.2 Å². The third-order valence-corrected chi connectivity index (χ3v) is 7.10. The van der Waals surface area contributed by atoms with E-state index in [0.717, 1.165) is 4.31 Å². The van der Waals surface area contributed by atoms with E-state index in [4.69, 9.17) is 21.1 Å². The maximum atomic E-state index is 13.0. The lowest BCUT2D eigenvalue weighted by atomic mass is 10.2. The molecule has 166 valence electrons. The van der Waals surface area contributed by atoms with Crippen molar-refractivity contribution in [3.8, 4) is 5.75 Å². The Morgan fingerprint density at radius 1 is 1.16 bits per heavy atom. The van der Waals surface area contributed by atoms with Crippen molar-refractivity contribution < 1.29 is 27.5 Å². The highest BCUT2D eigenvalue weighted by atomic mass is 35.5. The molecule has 31 heavy (non-hydrogen) atoms. The van der Waals surface area contributed by atoms with Crippen LogP contribution in [-0.4, -0.2) is 50.4 Å². The van der Waals surface area contributed by atoms with E-state index in [-0.39, 0.29) is 11.4 Å². The second-order valence-electron chi connectivity index (χ2n) is 7.00. The third kappa shape index (κ3) is 5.17. The van der Waals surface area contributed by atoms with Crippen LogP contribution in [0.15, 0.2) is 53.4 Å². The summed E-state index contributed by atoms with van der Waals surface area (Å²) in [6.07, 6.45) is -0.306. The van der Waals surface area contributed by atoms with Crippen LogP contribution in [0.25, 0.3) is 0 Å². The van der Waals surface area contributed by atoms with Crippen LogP contribution < -0.4 is 10.1 Å². The zero-order valence-corrected chi connectivity index (χ0v) is 18.7. The molecule has 10 heteroatoms. The molecule has 0 spiro atoms. The van der Waals surface area contributed by atoms with Crippen LogP contribution in [0, 0.1) is 0 Å². The van der Waals surface area contributed by atoms with Gasteiger partial charge in [0.15, 0.2) is 6.10 Å². The number of para-hydroxylation sites is 2. The van der Waals surface area contributed by atoms with Crippen molar-refractivity contribution in [1.82, 2.24) is 4.31 Å². The summed E-state index contributed by atoms with van der Waals surface area (Å²) in [5.74, 6) is -0.855. The van der Waals surface area contributed by atoms with Crippen LogP contribution in [0.2, 0.25) is 5.02 Å². The van der Waals surface area contributed by atoms with Crippen LogP contribution in [-0.2, 0) is 24.3 Å². The molecular formula is C21H23ClN2O6S. The summed E-state index contributed by atoms with van der Waals surface area (Å²) < 4.78 is 37.6. The summed E-state index contributed by atoms with van der Waals surface area (Å²) in [6, 6.07) is 11.6. The summed E-state index contributed by atoms with van der Waals surface area (Å²) in [4.78, 5) is 25.2. The van der Waals surface area contributed by atoms with Crippen molar-refractivity contribution in [2.24, 2.45) is 0 Å². The number of hydrogen-bond acceptors (Lipinski definition) is 6. The van der Waals surface area contributed by atoms with Crippen LogP contribution in [0.1, 0.15) is 19.8 Å². The van der Waals surface area contributed by atoms with Gasteiger partial charge in [-0.15, -0.1) is 0 Å². The number of benzene rings is 2. The van der Waals surface area contributed by atoms with Gasteiger partial charge in [-0.2, -0.15) is 4.31 Å². The molecule has 0 aromatic heterocycles. The molecule has 1 aliphatic heterocycles. The third-order valence-electron chi connectivity index (χ3n) is 4.92. The molecule has 0 bridgehead atoms. The Kier molecular flexibility index (Phi) is 7.19. The molecule has 0 saturated carbocycles. The number of methoxy groups -OCH3 is 1. The monoisotopic (exact) mass is 466 g/mol. The topological polar surface area (TPSA) is 102 Å². The fraction of sp³-hybridized carbons (Fsp3) is 0.333. The summed E-state index contributed by atoms with van der Waals surface area (Å²) >= 11 is 5.84. The van der Waals surface area contributed by atoms with Gasteiger partial charge in [-0.25, -0.2) is 8.42 Å². The lowest BCUT2D eigenvalue weighted by Crippen LogP contribution is -2.43. The molecule has 1 N–H and O–H groups in total. The SMILES string of the molecule is COc1ccccc1NC(=O)C(C)OC(=O)C1CCCN1S(=O)(=O)c1ccc(Cl)cc1. The van der Waals surface area contributed by atoms with Crippen molar-refractivity contribution in [3.63, 3.8) is 0 Å². The Bertz CT molecular complexity index is 1060. The Morgan fingerprint density at radius 2 is 1.84 bits per heavy atom. The average molecular weight is 467 g/mol. The van der Waals surface area contributed by atoms with Crippen LogP contribution in [0.3, 0.4) is 0 Å². The quantitative estimate of drug-likeness (QED) is 0.629. The van der Waals surface area contributed by atoms with Crippen LogP contribution >= 0.6 is 11.6 Å². The fourth-order valence-corrected chi connectivity index (χ4v) is 5.07. The number of rotatable bonds is 7. The highest BCUT2D eigenvalue weighted by Gasteiger charge is 2.41. The normalized spacial score (nSPS) is 17.7. The van der Waals surface area contributed by atoms with Crippen molar-refractivity contribution in [3.05, 3.63) is 53.6 Å². The van der Waals surface area contributed by atoms with Gasteiger partial charge in [0.2, 0.25) is 10.0 Å². The fourth-order valence-electron chi connectivity index (χ4n) is 3.29. The molecule has 8 nitrogen and oxygen atoms in total. The number of nitrogens with one attached hydrogen (secondary N) is 1. The molecule has 1 fully saturated rings. The maximum absolute atomic E-state index is 13.0. The number of nitrogens with zero attached hydrogens (tertiary/aromatic N) is 1. The largest absolute Gasteiger partial charge is 0.495 e. The van der Waals surface area contributed by atoms with Gasteiger partial charge in [0.05, 0.1) is 17.7 Å². The Morgan fingerprint density at radius 3 is 2.52 bits per heavy atom. The zero-order valence-electron chi connectivity index (χ0n) is 17.1. The van der Waals surface area contributed by atoms with Crippen molar-refractivity contribution in [2.75, 3.05) is 19.0 Å². The van der Waals surface area contributed by atoms with Gasteiger partial charge in [0, 0.05) is 11.6 Å². The molecule has 2 unspecified atom stereocenters. The van der Waals surface area contributed by atoms with E-state index in [1.165, 1.54) is 38.3 Å². The molecule has 2 aromatic carbocycles. The molecule has 1 heterocycles. The summed E-state index contributed by atoms with van der Waals surface area (Å²) in [5, 5.41) is 3.05. The van der Waals surface area contributed by atoms with E-state index in [2.05, 4.69) is 5.32 Å². The molecule has 1 saturated heterocycles. The molecule has 1 aliphatic rings. The van der Waals surface area contributed by atoms with Gasteiger partial charge in [-0.3, -0.25) is 9.59 Å². The lowest BCUT2D eigenvalue weighted by Gasteiger charge is -2.24. The standard InChI is InChI=1S/C21H23ClN2O6S/c1-14(20(25)23-17-6-3-4-8-19(17)29-2)30-21(26)18-7-5-13-24(18)31(27,28)16-11-9-15(22)10-12-16/h3-4,6,8-12,14,18H,5,7,13H2,1-2H3,(H,23,25). The summed E-state index contributed by atoms with van der Waals surface area (Å²) in [6.45, 7) is 1.61. The van der Waals surface area contributed by atoms with E-state index < -0.39 is 34.0 Å². The molecule has 2 atom stereocenters. The smallest absolute Gasteiger partial charge is 0.325 e. The van der Waals surface area contributed by atoms with Gasteiger partial charge < -0.3 is 14.8 Å². The minimum Gasteiger partial charge on any atom is -0.495 e. The number of amides is 1. The first-order valence-electron chi connectivity index (χ1n) is 9.66. The number of hydrogen-bond donors (Lipinski definition) is 1.